The summed E-state index contributed by atoms with van der Waals surface area (Å²) in [5, 5.41) is 21.1. The maximum Gasteiger partial charge on any atom is 0.167 e. The Kier molecular flexibility index (Phi) is 5.83. The zero-order valence-electron chi connectivity index (χ0n) is 9.58. The van der Waals surface area contributed by atoms with Crippen molar-refractivity contribution < 1.29 is 29.2 Å². The number of ether oxygens (including phenoxy) is 4. The first-order valence-electron chi connectivity index (χ1n) is 5.68. The number of aliphatic hydroxyl groups excluding tert-OH is 2. The summed E-state index contributed by atoms with van der Waals surface area (Å²) in [4.78, 5) is 0. The fraction of sp³-hybridized carbons (Fsp3) is 1.00. The predicted molar refractivity (Wildman–Crippen MR) is 68.8 cm³/mol. The van der Waals surface area contributed by atoms with Crippen molar-refractivity contribution in [1.29, 1.82) is 0 Å². The second-order valence-electron chi connectivity index (χ2n) is 4.16. The number of hydrogen-bond donors (Lipinski definition) is 2. The van der Waals surface area contributed by atoms with Gasteiger partial charge < -0.3 is 29.2 Å². The van der Waals surface area contributed by atoms with Crippen LogP contribution in [0.5, 0.6) is 0 Å². The molecule has 2 saturated heterocycles. The van der Waals surface area contributed by atoms with Crippen LogP contribution in [-0.4, -0.2) is 71.1 Å². The van der Waals surface area contributed by atoms with Crippen LogP contribution >= 0.6 is 31.9 Å². The molecule has 8 heteroatoms. The topological polar surface area (TPSA) is 77.4 Å². The zero-order valence-corrected chi connectivity index (χ0v) is 12.7. The lowest BCUT2D eigenvalue weighted by Gasteiger charge is -2.25. The van der Waals surface area contributed by atoms with Crippen molar-refractivity contribution in [2.75, 3.05) is 23.9 Å². The average molecular weight is 392 g/mol. The van der Waals surface area contributed by atoms with E-state index in [1.54, 1.807) is 0 Å². The molecule has 6 nitrogen and oxygen atoms in total. The van der Waals surface area contributed by atoms with E-state index in [2.05, 4.69) is 31.9 Å². The Balaban J connectivity index is 1.83. The average Bonchev–Trinajstić information content (AvgIpc) is 3.05. The van der Waals surface area contributed by atoms with Crippen LogP contribution in [0.25, 0.3) is 0 Å². The molecule has 0 aromatic rings. The highest BCUT2D eigenvalue weighted by atomic mass is 79.9. The second kappa shape index (κ2) is 6.94. The number of hydrogen-bond acceptors (Lipinski definition) is 6. The first kappa shape index (κ1) is 15.1. The van der Waals surface area contributed by atoms with Gasteiger partial charge in [0.1, 0.15) is 24.4 Å². The highest BCUT2D eigenvalue weighted by Gasteiger charge is 2.41. The Bertz CT molecular complexity index is 243. The Labute approximate surface area is 122 Å². The monoisotopic (exact) mass is 390 g/mol. The third-order valence-electron chi connectivity index (χ3n) is 2.91. The molecule has 0 spiro atoms. The number of rotatable bonds is 5. The third kappa shape index (κ3) is 3.43. The molecular formula is C10H16Br2O6. The molecule has 2 heterocycles. The van der Waals surface area contributed by atoms with E-state index >= 15 is 0 Å². The smallest absolute Gasteiger partial charge is 0.167 e. The summed E-state index contributed by atoms with van der Waals surface area (Å²) in [7, 11) is 0. The van der Waals surface area contributed by atoms with E-state index in [1.807, 2.05) is 0 Å². The highest BCUT2D eigenvalue weighted by Crippen LogP contribution is 2.23. The minimum atomic E-state index is -1.06. The molecule has 6 unspecified atom stereocenters. The Morgan fingerprint density at radius 2 is 1.28 bits per heavy atom. The molecule has 106 valence electrons. The van der Waals surface area contributed by atoms with Gasteiger partial charge in [0.25, 0.3) is 0 Å². The maximum atomic E-state index is 10.0. The SMILES string of the molecule is OC(C1COC(CBr)O1)C(O)C1COC(CBr)O1. The van der Waals surface area contributed by atoms with Crippen molar-refractivity contribution in [3.63, 3.8) is 0 Å². The summed E-state index contributed by atoms with van der Waals surface area (Å²) in [6.07, 6.45) is -3.97. The van der Waals surface area contributed by atoms with Crippen molar-refractivity contribution in [2.24, 2.45) is 0 Å². The molecule has 0 amide bonds. The van der Waals surface area contributed by atoms with E-state index in [0.29, 0.717) is 10.7 Å². The van der Waals surface area contributed by atoms with E-state index in [-0.39, 0.29) is 25.8 Å². The van der Waals surface area contributed by atoms with E-state index in [9.17, 15) is 10.2 Å². The van der Waals surface area contributed by atoms with Crippen molar-refractivity contribution in [2.45, 2.75) is 37.0 Å². The number of halogens is 2. The van der Waals surface area contributed by atoms with Gasteiger partial charge in [0.05, 0.1) is 23.9 Å². The van der Waals surface area contributed by atoms with Crippen LogP contribution in [0.2, 0.25) is 0 Å². The molecule has 6 atom stereocenters. The summed E-state index contributed by atoms with van der Waals surface area (Å²) in [6.45, 7) is 0.508. The van der Waals surface area contributed by atoms with Gasteiger partial charge in [-0.3, -0.25) is 0 Å². The van der Waals surface area contributed by atoms with Crippen LogP contribution in [0.4, 0.5) is 0 Å². The van der Waals surface area contributed by atoms with Crippen molar-refractivity contribution in [1.82, 2.24) is 0 Å². The normalized spacial score (nSPS) is 40.0. The van der Waals surface area contributed by atoms with Crippen molar-refractivity contribution in [3.8, 4) is 0 Å². The van der Waals surface area contributed by atoms with Gasteiger partial charge in [-0.05, 0) is 0 Å². The Hall–Kier alpha value is 0.720. The van der Waals surface area contributed by atoms with Gasteiger partial charge in [-0.15, -0.1) is 0 Å². The first-order valence-corrected chi connectivity index (χ1v) is 7.92. The van der Waals surface area contributed by atoms with Crippen molar-refractivity contribution in [3.05, 3.63) is 0 Å². The van der Waals surface area contributed by atoms with Crippen LogP contribution in [0.3, 0.4) is 0 Å². The quantitative estimate of drug-likeness (QED) is 0.641. The second-order valence-corrected chi connectivity index (χ2v) is 5.46. The summed E-state index contributed by atoms with van der Waals surface area (Å²) in [5.41, 5.74) is 0. The molecule has 0 bridgehead atoms. The van der Waals surface area contributed by atoms with Crippen LogP contribution in [0, 0.1) is 0 Å². The first-order chi connectivity index (χ1) is 8.65. The molecule has 0 aromatic carbocycles. The summed E-state index contributed by atoms with van der Waals surface area (Å²) < 4.78 is 21.4. The minimum absolute atomic E-state index is 0.254. The summed E-state index contributed by atoms with van der Waals surface area (Å²) in [5.74, 6) is 0. The lowest BCUT2D eigenvalue weighted by atomic mass is 10.0. The summed E-state index contributed by atoms with van der Waals surface area (Å²) in [6, 6.07) is 0. The van der Waals surface area contributed by atoms with E-state index < -0.39 is 24.4 Å². The van der Waals surface area contributed by atoms with Crippen molar-refractivity contribution >= 4 is 31.9 Å². The largest absolute Gasteiger partial charge is 0.387 e. The highest BCUT2D eigenvalue weighted by molar-refractivity contribution is 9.09. The number of alkyl halides is 2. The lowest BCUT2D eigenvalue weighted by molar-refractivity contribution is -0.132. The summed E-state index contributed by atoms with van der Waals surface area (Å²) >= 11 is 6.46. The molecule has 18 heavy (non-hydrogen) atoms. The van der Waals surface area contributed by atoms with Gasteiger partial charge in [0.2, 0.25) is 0 Å². The van der Waals surface area contributed by atoms with E-state index in [0.717, 1.165) is 0 Å². The number of aliphatic hydroxyl groups is 2. The third-order valence-corrected chi connectivity index (χ3v) is 3.97. The van der Waals surface area contributed by atoms with Crippen LogP contribution < -0.4 is 0 Å². The van der Waals surface area contributed by atoms with Gasteiger partial charge in [-0.2, -0.15) is 0 Å². The molecule has 2 aliphatic rings. The molecule has 0 aromatic heterocycles. The van der Waals surface area contributed by atoms with E-state index in [4.69, 9.17) is 18.9 Å². The van der Waals surface area contributed by atoms with Gasteiger partial charge in [0, 0.05) is 0 Å². The van der Waals surface area contributed by atoms with Gasteiger partial charge in [-0.25, -0.2) is 0 Å². The standard InChI is InChI=1S/C10H16Br2O6/c11-1-7-15-3-5(17-7)9(13)10(14)6-4-16-8(2-12)18-6/h5-10,13-14H,1-4H2. The predicted octanol–water partition coefficient (Wildman–Crippen LogP) is -0.0190. The molecular weight excluding hydrogens is 376 g/mol. The molecule has 0 radical (unpaired) electrons. The Morgan fingerprint density at radius 1 is 0.889 bits per heavy atom. The van der Waals surface area contributed by atoms with Gasteiger partial charge >= 0.3 is 0 Å². The molecule has 0 aliphatic carbocycles. The van der Waals surface area contributed by atoms with Crippen LogP contribution in [-0.2, 0) is 18.9 Å². The van der Waals surface area contributed by atoms with Gasteiger partial charge in [0.15, 0.2) is 12.6 Å². The van der Waals surface area contributed by atoms with Crippen LogP contribution in [0.1, 0.15) is 0 Å². The molecule has 2 fully saturated rings. The molecule has 2 N–H and O–H groups in total. The van der Waals surface area contributed by atoms with Crippen LogP contribution in [0.15, 0.2) is 0 Å². The fourth-order valence-corrected chi connectivity index (χ4v) is 2.59. The minimum Gasteiger partial charge on any atom is -0.387 e. The maximum absolute atomic E-state index is 10.0. The molecule has 2 aliphatic heterocycles. The molecule has 0 saturated carbocycles. The van der Waals surface area contributed by atoms with Gasteiger partial charge in [-0.1, -0.05) is 31.9 Å². The lowest BCUT2D eigenvalue weighted by Crippen LogP contribution is -2.46. The molecule has 2 rings (SSSR count). The Morgan fingerprint density at radius 3 is 1.56 bits per heavy atom. The van der Waals surface area contributed by atoms with E-state index in [1.165, 1.54) is 0 Å². The zero-order chi connectivity index (χ0) is 13.1. The fourth-order valence-electron chi connectivity index (χ4n) is 1.91.